The van der Waals surface area contributed by atoms with Crippen molar-refractivity contribution in [2.45, 2.75) is 38.4 Å². The van der Waals surface area contributed by atoms with E-state index in [0.29, 0.717) is 6.04 Å². The van der Waals surface area contributed by atoms with Gasteiger partial charge in [-0.3, -0.25) is 4.68 Å². The van der Waals surface area contributed by atoms with Crippen molar-refractivity contribution < 1.29 is 0 Å². The summed E-state index contributed by atoms with van der Waals surface area (Å²) in [6.45, 7) is 1.59. The van der Waals surface area contributed by atoms with Gasteiger partial charge >= 0.3 is 0 Å². The molecule has 1 aliphatic rings. The molecule has 0 bridgehead atoms. The molecule has 2 atom stereocenters. The third-order valence-electron chi connectivity index (χ3n) is 4.12. The molecule has 0 radical (unpaired) electrons. The highest BCUT2D eigenvalue weighted by Crippen LogP contribution is 2.25. The Balaban J connectivity index is 1.55. The summed E-state index contributed by atoms with van der Waals surface area (Å²) in [4.78, 5) is 0. The summed E-state index contributed by atoms with van der Waals surface area (Å²) in [7, 11) is 0. The topological polar surface area (TPSA) is 53.6 Å². The zero-order valence-corrected chi connectivity index (χ0v) is 12.1. The van der Waals surface area contributed by atoms with Crippen LogP contribution < -0.4 is 5.32 Å². The summed E-state index contributed by atoms with van der Waals surface area (Å²) in [6, 6.07) is 13.1. The second kappa shape index (κ2) is 6.55. The first-order valence-electron chi connectivity index (χ1n) is 7.53. The number of benzene rings is 1. The third kappa shape index (κ3) is 3.50. The van der Waals surface area contributed by atoms with Crippen LogP contribution in [0.3, 0.4) is 0 Å². The smallest absolute Gasteiger partial charge is 0.0672 e. The highest BCUT2D eigenvalue weighted by atomic mass is 15.3. The third-order valence-corrected chi connectivity index (χ3v) is 4.12. The monoisotopic (exact) mass is 280 g/mol. The van der Waals surface area contributed by atoms with Gasteiger partial charge in [-0.2, -0.15) is 10.4 Å². The molecule has 0 spiro atoms. The van der Waals surface area contributed by atoms with Gasteiger partial charge in [0, 0.05) is 24.3 Å². The molecule has 2 unspecified atom stereocenters. The van der Waals surface area contributed by atoms with E-state index >= 15 is 0 Å². The average Bonchev–Trinajstić information content (AvgIpc) is 3.15. The molecular weight excluding hydrogens is 260 g/mol. The lowest BCUT2D eigenvalue weighted by Crippen LogP contribution is -2.31. The predicted octanol–water partition coefficient (Wildman–Crippen LogP) is 2.71. The number of nitrogens with zero attached hydrogens (tertiary/aromatic N) is 3. The first-order valence-corrected chi connectivity index (χ1v) is 7.53. The molecular formula is C17H20N4. The molecule has 4 heteroatoms. The average molecular weight is 280 g/mol. The van der Waals surface area contributed by atoms with Crippen LogP contribution in [0.2, 0.25) is 0 Å². The lowest BCUT2D eigenvalue weighted by Gasteiger charge is -2.14. The van der Waals surface area contributed by atoms with E-state index in [1.165, 1.54) is 11.1 Å². The fourth-order valence-corrected chi connectivity index (χ4v) is 2.96. The Morgan fingerprint density at radius 3 is 2.90 bits per heavy atom. The maximum atomic E-state index is 9.10. The lowest BCUT2D eigenvalue weighted by atomic mass is 10.1. The molecule has 1 heterocycles. The first-order chi connectivity index (χ1) is 10.3. The molecule has 1 aliphatic carbocycles. The summed E-state index contributed by atoms with van der Waals surface area (Å²) < 4.78 is 1.96. The Morgan fingerprint density at radius 1 is 1.24 bits per heavy atom. The maximum Gasteiger partial charge on any atom is 0.0672 e. The predicted molar refractivity (Wildman–Crippen MR) is 81.4 cm³/mol. The molecule has 108 valence electrons. The molecule has 4 nitrogen and oxygen atoms in total. The van der Waals surface area contributed by atoms with E-state index in [2.05, 4.69) is 34.8 Å². The normalized spacial score (nSPS) is 21.3. The van der Waals surface area contributed by atoms with Gasteiger partial charge in [0.1, 0.15) is 0 Å². The number of aromatic nitrogens is 2. The Morgan fingerprint density at radius 2 is 2.10 bits per heavy atom. The standard InChI is InChI=1S/C17H20N4/c18-9-16-7-4-8-17(16)19-10-15-11-20-21(13-15)12-14-5-2-1-3-6-14/h1-3,5-6,11,13,16-17,19H,4,7-8,10,12H2. The van der Waals surface area contributed by atoms with Crippen molar-refractivity contribution in [2.24, 2.45) is 5.92 Å². The number of rotatable bonds is 5. The van der Waals surface area contributed by atoms with Crippen LogP contribution in [-0.2, 0) is 13.1 Å². The van der Waals surface area contributed by atoms with E-state index < -0.39 is 0 Å². The summed E-state index contributed by atoms with van der Waals surface area (Å²) in [5.74, 6) is 0.171. The van der Waals surface area contributed by atoms with Gasteiger partial charge in [0.05, 0.1) is 24.7 Å². The van der Waals surface area contributed by atoms with Gasteiger partial charge in [-0.25, -0.2) is 0 Å². The quantitative estimate of drug-likeness (QED) is 0.916. The van der Waals surface area contributed by atoms with Crippen LogP contribution in [0.4, 0.5) is 0 Å². The van der Waals surface area contributed by atoms with Crippen molar-refractivity contribution in [3.8, 4) is 6.07 Å². The van der Waals surface area contributed by atoms with E-state index in [1.54, 1.807) is 0 Å². The summed E-state index contributed by atoms with van der Waals surface area (Å²) >= 11 is 0. The maximum absolute atomic E-state index is 9.10. The van der Waals surface area contributed by atoms with Crippen molar-refractivity contribution in [1.29, 1.82) is 5.26 Å². The van der Waals surface area contributed by atoms with Gasteiger partial charge in [-0.05, 0) is 18.4 Å². The second-order valence-electron chi connectivity index (χ2n) is 5.69. The van der Waals surface area contributed by atoms with Gasteiger partial charge in [0.25, 0.3) is 0 Å². The van der Waals surface area contributed by atoms with Crippen molar-refractivity contribution in [1.82, 2.24) is 15.1 Å². The van der Waals surface area contributed by atoms with Gasteiger partial charge < -0.3 is 5.32 Å². The number of nitriles is 1. The Labute approximate surface area is 125 Å². The van der Waals surface area contributed by atoms with Crippen LogP contribution in [0.15, 0.2) is 42.7 Å². The van der Waals surface area contributed by atoms with Crippen molar-refractivity contribution in [3.63, 3.8) is 0 Å². The molecule has 1 fully saturated rings. The molecule has 1 saturated carbocycles. The van der Waals surface area contributed by atoms with Crippen LogP contribution in [0.5, 0.6) is 0 Å². The zero-order valence-electron chi connectivity index (χ0n) is 12.1. The van der Waals surface area contributed by atoms with Crippen molar-refractivity contribution >= 4 is 0 Å². The summed E-state index contributed by atoms with van der Waals surface area (Å²) in [5.41, 5.74) is 2.43. The molecule has 3 rings (SSSR count). The summed E-state index contributed by atoms with van der Waals surface area (Å²) in [6.07, 6.45) is 7.28. The Bertz CT molecular complexity index is 611. The van der Waals surface area contributed by atoms with Crippen LogP contribution >= 0.6 is 0 Å². The molecule has 0 amide bonds. The minimum atomic E-state index is 0.171. The van der Waals surface area contributed by atoms with E-state index in [1.807, 2.05) is 29.1 Å². The van der Waals surface area contributed by atoms with Gasteiger partial charge in [-0.1, -0.05) is 36.8 Å². The Kier molecular flexibility index (Phi) is 4.32. The van der Waals surface area contributed by atoms with E-state index in [-0.39, 0.29) is 5.92 Å². The largest absolute Gasteiger partial charge is 0.308 e. The van der Waals surface area contributed by atoms with Crippen LogP contribution in [0, 0.1) is 17.2 Å². The van der Waals surface area contributed by atoms with E-state index in [0.717, 1.165) is 32.4 Å². The number of hydrogen-bond acceptors (Lipinski definition) is 3. The van der Waals surface area contributed by atoms with Gasteiger partial charge in [-0.15, -0.1) is 0 Å². The first kappa shape index (κ1) is 13.8. The fraction of sp³-hybridized carbons (Fsp3) is 0.412. The lowest BCUT2D eigenvalue weighted by molar-refractivity contribution is 0.464. The van der Waals surface area contributed by atoms with Crippen LogP contribution in [0.1, 0.15) is 30.4 Å². The molecule has 1 aromatic heterocycles. The second-order valence-corrected chi connectivity index (χ2v) is 5.69. The molecule has 1 N–H and O–H groups in total. The Hall–Kier alpha value is -2.12. The number of hydrogen-bond donors (Lipinski definition) is 1. The number of nitrogens with one attached hydrogen (secondary N) is 1. The minimum Gasteiger partial charge on any atom is -0.308 e. The van der Waals surface area contributed by atoms with Crippen LogP contribution in [-0.4, -0.2) is 15.8 Å². The molecule has 1 aromatic carbocycles. The molecule has 0 saturated heterocycles. The molecule has 21 heavy (non-hydrogen) atoms. The molecule has 2 aromatic rings. The highest BCUT2D eigenvalue weighted by molar-refractivity contribution is 5.15. The van der Waals surface area contributed by atoms with Gasteiger partial charge in [0.15, 0.2) is 0 Å². The van der Waals surface area contributed by atoms with E-state index in [9.17, 15) is 0 Å². The van der Waals surface area contributed by atoms with E-state index in [4.69, 9.17) is 5.26 Å². The van der Waals surface area contributed by atoms with Crippen molar-refractivity contribution in [2.75, 3.05) is 0 Å². The van der Waals surface area contributed by atoms with Gasteiger partial charge in [0.2, 0.25) is 0 Å². The fourth-order valence-electron chi connectivity index (χ4n) is 2.96. The minimum absolute atomic E-state index is 0.171. The van der Waals surface area contributed by atoms with Crippen molar-refractivity contribution in [3.05, 3.63) is 53.9 Å². The zero-order chi connectivity index (χ0) is 14.5. The van der Waals surface area contributed by atoms with Crippen LogP contribution in [0.25, 0.3) is 0 Å². The highest BCUT2D eigenvalue weighted by Gasteiger charge is 2.26. The SMILES string of the molecule is N#CC1CCCC1NCc1cnn(Cc2ccccc2)c1. The molecule has 0 aliphatic heterocycles. The summed E-state index contributed by atoms with van der Waals surface area (Å²) in [5, 5.41) is 17.0.